The van der Waals surface area contributed by atoms with Crippen molar-refractivity contribution in [2.45, 2.75) is 19.9 Å². The van der Waals surface area contributed by atoms with Gasteiger partial charge < -0.3 is 10.0 Å². The van der Waals surface area contributed by atoms with Gasteiger partial charge >= 0.3 is 5.97 Å². The fourth-order valence-corrected chi connectivity index (χ4v) is 2.68. The van der Waals surface area contributed by atoms with E-state index in [1.165, 1.54) is 6.07 Å². The normalized spacial score (nSPS) is 19.9. The molecule has 0 spiro atoms. The van der Waals surface area contributed by atoms with Gasteiger partial charge in [0.1, 0.15) is 0 Å². The van der Waals surface area contributed by atoms with Crippen molar-refractivity contribution in [3.05, 3.63) is 35.4 Å². The highest BCUT2D eigenvalue weighted by Gasteiger charge is 2.28. The number of rotatable bonds is 3. The second-order valence-corrected chi connectivity index (χ2v) is 5.08. The molecule has 1 aromatic carbocycles. The van der Waals surface area contributed by atoms with Crippen LogP contribution in [-0.4, -0.2) is 59.0 Å². The number of hydrogen-bond donors (Lipinski definition) is 1. The van der Waals surface area contributed by atoms with Crippen molar-refractivity contribution in [1.82, 2.24) is 9.80 Å². The molecule has 0 bridgehead atoms. The lowest BCUT2D eigenvalue weighted by atomic mass is 10.1. The van der Waals surface area contributed by atoms with E-state index in [-0.39, 0.29) is 17.0 Å². The minimum absolute atomic E-state index is 0.0723. The number of piperazine rings is 1. The number of likely N-dealkylation sites (N-methyl/N-ethyl adjacent to an activating group) is 1. The zero-order valence-electron chi connectivity index (χ0n) is 11.9. The van der Waals surface area contributed by atoms with Crippen LogP contribution in [0.4, 0.5) is 0 Å². The Balaban J connectivity index is 2.19. The van der Waals surface area contributed by atoms with Gasteiger partial charge in [0.15, 0.2) is 0 Å². The Morgan fingerprint density at radius 1 is 1.25 bits per heavy atom. The van der Waals surface area contributed by atoms with Gasteiger partial charge in [-0.15, -0.1) is 0 Å². The maximum Gasteiger partial charge on any atom is 0.336 e. The summed E-state index contributed by atoms with van der Waals surface area (Å²) in [4.78, 5) is 27.8. The largest absolute Gasteiger partial charge is 0.478 e. The summed E-state index contributed by atoms with van der Waals surface area (Å²) in [7, 11) is 0. The molecule has 2 rings (SSSR count). The Labute approximate surface area is 118 Å². The minimum Gasteiger partial charge on any atom is -0.478 e. The third kappa shape index (κ3) is 2.82. The molecule has 0 aromatic heterocycles. The molecule has 1 N–H and O–H groups in total. The zero-order chi connectivity index (χ0) is 14.7. The predicted octanol–water partition coefficient (Wildman–Crippen LogP) is 1.55. The molecule has 1 aromatic rings. The summed E-state index contributed by atoms with van der Waals surface area (Å²) >= 11 is 0. The SMILES string of the molecule is CCN1CCN(C(=O)c2ccccc2C(=O)O)CC1C. The lowest BCUT2D eigenvalue weighted by Crippen LogP contribution is -2.53. The number of carboxylic acids is 1. The van der Waals surface area contributed by atoms with Gasteiger partial charge in [-0.1, -0.05) is 19.1 Å². The molecule has 5 nitrogen and oxygen atoms in total. The number of carbonyl (C=O) groups is 2. The summed E-state index contributed by atoms with van der Waals surface area (Å²) in [6.45, 7) is 7.28. The van der Waals surface area contributed by atoms with E-state index >= 15 is 0 Å². The van der Waals surface area contributed by atoms with Crippen molar-refractivity contribution in [2.24, 2.45) is 0 Å². The highest BCUT2D eigenvalue weighted by molar-refractivity contribution is 6.04. The van der Waals surface area contributed by atoms with Crippen LogP contribution < -0.4 is 0 Å². The molecule has 1 heterocycles. The molecular weight excluding hydrogens is 256 g/mol. The molecule has 1 atom stereocenters. The molecule has 108 valence electrons. The van der Waals surface area contributed by atoms with Crippen LogP contribution in [0.5, 0.6) is 0 Å². The lowest BCUT2D eigenvalue weighted by molar-refractivity contribution is 0.0520. The molecule has 0 saturated carbocycles. The first-order chi connectivity index (χ1) is 9.54. The first-order valence-corrected chi connectivity index (χ1v) is 6.90. The summed E-state index contributed by atoms with van der Waals surface area (Å²) in [6, 6.07) is 6.70. The molecule has 1 saturated heterocycles. The maximum absolute atomic E-state index is 12.5. The number of nitrogens with zero attached hydrogens (tertiary/aromatic N) is 2. The Hall–Kier alpha value is -1.88. The van der Waals surface area contributed by atoms with E-state index in [9.17, 15) is 9.59 Å². The van der Waals surface area contributed by atoms with E-state index in [1.807, 2.05) is 0 Å². The first-order valence-electron chi connectivity index (χ1n) is 6.90. The van der Waals surface area contributed by atoms with Crippen LogP contribution in [0.15, 0.2) is 24.3 Å². The van der Waals surface area contributed by atoms with Gasteiger partial charge in [-0.2, -0.15) is 0 Å². The third-order valence-electron chi connectivity index (χ3n) is 3.85. The van der Waals surface area contributed by atoms with Crippen LogP contribution in [0.3, 0.4) is 0 Å². The fourth-order valence-electron chi connectivity index (χ4n) is 2.68. The highest BCUT2D eigenvalue weighted by Crippen LogP contribution is 2.16. The van der Waals surface area contributed by atoms with Gasteiger partial charge in [0.25, 0.3) is 5.91 Å². The number of carboxylic acid groups (broad SMARTS) is 1. The van der Waals surface area contributed by atoms with Crippen molar-refractivity contribution in [3.63, 3.8) is 0 Å². The van der Waals surface area contributed by atoms with Crippen LogP contribution in [0.25, 0.3) is 0 Å². The van der Waals surface area contributed by atoms with E-state index < -0.39 is 5.97 Å². The molecule has 1 aliphatic heterocycles. The molecule has 1 unspecified atom stereocenters. The van der Waals surface area contributed by atoms with E-state index in [4.69, 9.17) is 5.11 Å². The molecule has 5 heteroatoms. The van der Waals surface area contributed by atoms with Gasteiger partial charge in [0, 0.05) is 25.7 Å². The number of benzene rings is 1. The Morgan fingerprint density at radius 3 is 2.45 bits per heavy atom. The van der Waals surface area contributed by atoms with Crippen molar-refractivity contribution in [3.8, 4) is 0 Å². The third-order valence-corrected chi connectivity index (χ3v) is 3.85. The van der Waals surface area contributed by atoms with E-state index in [0.29, 0.717) is 19.1 Å². The minimum atomic E-state index is -1.06. The van der Waals surface area contributed by atoms with Gasteiger partial charge in [-0.3, -0.25) is 9.69 Å². The van der Waals surface area contributed by atoms with Crippen LogP contribution in [0, 0.1) is 0 Å². The van der Waals surface area contributed by atoms with Gasteiger partial charge in [-0.05, 0) is 25.6 Å². The summed E-state index contributed by atoms with van der Waals surface area (Å²) in [5.74, 6) is -1.25. The van der Waals surface area contributed by atoms with Gasteiger partial charge in [0.2, 0.25) is 0 Å². The number of carbonyl (C=O) groups excluding carboxylic acids is 1. The molecular formula is C15H20N2O3. The number of aromatic carboxylic acids is 1. The number of hydrogen-bond acceptors (Lipinski definition) is 3. The van der Waals surface area contributed by atoms with Crippen molar-refractivity contribution >= 4 is 11.9 Å². The molecule has 1 fully saturated rings. The smallest absolute Gasteiger partial charge is 0.336 e. The topological polar surface area (TPSA) is 60.9 Å². The summed E-state index contributed by atoms with van der Waals surface area (Å²) < 4.78 is 0. The Kier molecular flexibility index (Phi) is 4.39. The van der Waals surface area contributed by atoms with E-state index in [2.05, 4.69) is 18.7 Å². The molecule has 1 amide bonds. The fraction of sp³-hybridized carbons (Fsp3) is 0.467. The summed E-state index contributed by atoms with van der Waals surface area (Å²) in [5.41, 5.74) is 0.347. The van der Waals surface area contributed by atoms with Crippen molar-refractivity contribution in [1.29, 1.82) is 0 Å². The van der Waals surface area contributed by atoms with Gasteiger partial charge in [-0.25, -0.2) is 4.79 Å². The number of amides is 1. The average Bonchev–Trinajstić information content (AvgIpc) is 2.46. The van der Waals surface area contributed by atoms with Crippen molar-refractivity contribution in [2.75, 3.05) is 26.2 Å². The quantitative estimate of drug-likeness (QED) is 0.910. The molecule has 1 aliphatic rings. The second kappa shape index (κ2) is 6.05. The Morgan fingerprint density at radius 2 is 1.90 bits per heavy atom. The maximum atomic E-state index is 12.5. The highest BCUT2D eigenvalue weighted by atomic mass is 16.4. The predicted molar refractivity (Wildman–Crippen MR) is 76.0 cm³/mol. The Bertz CT molecular complexity index is 516. The lowest BCUT2D eigenvalue weighted by Gasteiger charge is -2.39. The first kappa shape index (κ1) is 14.5. The molecule has 20 heavy (non-hydrogen) atoms. The van der Waals surface area contributed by atoms with E-state index in [1.54, 1.807) is 23.1 Å². The summed E-state index contributed by atoms with van der Waals surface area (Å²) in [5, 5.41) is 9.17. The molecule has 0 aliphatic carbocycles. The zero-order valence-corrected chi connectivity index (χ0v) is 11.9. The summed E-state index contributed by atoms with van der Waals surface area (Å²) in [6.07, 6.45) is 0. The molecule has 0 radical (unpaired) electrons. The van der Waals surface area contributed by atoms with Crippen LogP contribution >= 0.6 is 0 Å². The second-order valence-electron chi connectivity index (χ2n) is 5.08. The average molecular weight is 276 g/mol. The van der Waals surface area contributed by atoms with Crippen LogP contribution in [0.1, 0.15) is 34.6 Å². The van der Waals surface area contributed by atoms with Gasteiger partial charge in [0.05, 0.1) is 11.1 Å². The standard InChI is InChI=1S/C15H20N2O3/c1-3-16-8-9-17(10-11(16)2)14(18)12-6-4-5-7-13(12)15(19)20/h4-7,11H,3,8-10H2,1-2H3,(H,19,20). The van der Waals surface area contributed by atoms with Crippen molar-refractivity contribution < 1.29 is 14.7 Å². The van der Waals surface area contributed by atoms with Crippen LogP contribution in [0.2, 0.25) is 0 Å². The van der Waals surface area contributed by atoms with E-state index in [0.717, 1.165) is 13.1 Å². The van der Waals surface area contributed by atoms with Crippen LogP contribution in [-0.2, 0) is 0 Å². The monoisotopic (exact) mass is 276 g/mol.